The highest BCUT2D eigenvalue weighted by molar-refractivity contribution is 7.62. The number of rotatable bonds is 10. The number of benzene rings is 3. The van der Waals surface area contributed by atoms with Gasteiger partial charge in [0.05, 0.1) is 29.8 Å². The quantitative estimate of drug-likeness (QED) is 0.277. The van der Waals surface area contributed by atoms with Crippen molar-refractivity contribution in [3.63, 3.8) is 0 Å². The van der Waals surface area contributed by atoms with Crippen molar-refractivity contribution in [2.75, 3.05) is 37.9 Å². The first kappa shape index (κ1) is 25.9. The summed E-state index contributed by atoms with van der Waals surface area (Å²) in [6.07, 6.45) is 0. The Balaban J connectivity index is 1.86. The molecule has 0 atom stereocenters. The first-order chi connectivity index (χ1) is 17.3. The largest absolute Gasteiger partial charge is 0.361 e. The lowest BCUT2D eigenvalue weighted by Gasteiger charge is -2.19. The summed E-state index contributed by atoms with van der Waals surface area (Å²) in [7, 11) is 0.526. The summed E-state index contributed by atoms with van der Waals surface area (Å²) in [5, 5.41) is 6.86. The number of hydrogen-bond donors (Lipinski definition) is 2. The van der Waals surface area contributed by atoms with Gasteiger partial charge in [0.25, 0.3) is 5.91 Å². The van der Waals surface area contributed by atoms with Gasteiger partial charge in [-0.3, -0.25) is 9.36 Å². The smallest absolute Gasteiger partial charge is 0.354 e. The molecule has 0 bridgehead atoms. The average Bonchev–Trinajstić information content (AvgIpc) is 3.18. The molecule has 2 N–H and O–H groups in total. The van der Waals surface area contributed by atoms with Crippen LogP contribution in [0, 0.1) is 0 Å². The minimum absolute atomic E-state index is 0.236. The Kier molecular flexibility index (Phi) is 8.07. The topological polar surface area (TPSA) is 79.9 Å². The van der Waals surface area contributed by atoms with Gasteiger partial charge in [0, 0.05) is 23.5 Å². The van der Waals surface area contributed by atoms with Gasteiger partial charge in [-0.1, -0.05) is 42.5 Å². The standard InChI is InChI=1S/C28H32N3O4P/c1-5-34-36(33,35-6-2)23-15-16-25-24(18-23)26(28(32)30-25)27(21-12-8-7-9-13-21)29-22-14-10-11-20(17-22)19-31(3)4/h7-18,29H,5-6,19H2,1-4H3,(H,30,32). The highest BCUT2D eigenvalue weighted by Crippen LogP contribution is 2.48. The Hall–Kier alpha value is -3.22. The number of fused-ring (bicyclic) bond motifs is 1. The van der Waals surface area contributed by atoms with Crippen molar-refractivity contribution >= 4 is 41.5 Å². The highest BCUT2D eigenvalue weighted by Gasteiger charge is 2.33. The molecular formula is C28H32N3O4P. The number of carbonyl (C=O) groups is 1. The van der Waals surface area contributed by atoms with Gasteiger partial charge in [0.1, 0.15) is 0 Å². The summed E-state index contributed by atoms with van der Waals surface area (Å²) in [4.78, 5) is 15.4. The number of nitrogens with zero attached hydrogens (tertiary/aromatic N) is 1. The molecule has 0 aliphatic carbocycles. The molecule has 1 aliphatic heterocycles. The molecular weight excluding hydrogens is 473 g/mol. The molecule has 36 heavy (non-hydrogen) atoms. The van der Waals surface area contributed by atoms with E-state index in [0.29, 0.717) is 27.8 Å². The third-order valence-electron chi connectivity index (χ3n) is 5.67. The molecule has 4 rings (SSSR count). The van der Waals surface area contributed by atoms with Crippen LogP contribution in [0.25, 0.3) is 11.3 Å². The van der Waals surface area contributed by atoms with Crippen LogP contribution < -0.4 is 15.9 Å². The molecule has 3 aromatic rings. The molecule has 188 valence electrons. The van der Waals surface area contributed by atoms with Crippen LogP contribution in [0.4, 0.5) is 11.4 Å². The fraction of sp³-hybridized carbons (Fsp3) is 0.250. The lowest BCUT2D eigenvalue weighted by atomic mass is 10.00. The summed E-state index contributed by atoms with van der Waals surface area (Å²) in [6, 6.07) is 23.0. The lowest BCUT2D eigenvalue weighted by Crippen LogP contribution is -2.12. The zero-order valence-corrected chi connectivity index (χ0v) is 22.0. The van der Waals surface area contributed by atoms with Gasteiger partial charge < -0.3 is 24.6 Å². The molecule has 0 unspecified atom stereocenters. The van der Waals surface area contributed by atoms with Crippen molar-refractivity contribution in [1.29, 1.82) is 0 Å². The fourth-order valence-corrected chi connectivity index (χ4v) is 5.84. The second-order valence-corrected chi connectivity index (χ2v) is 10.7. The average molecular weight is 506 g/mol. The molecule has 0 fully saturated rings. The maximum atomic E-state index is 13.5. The van der Waals surface area contributed by atoms with E-state index >= 15 is 0 Å². The number of amides is 1. The molecule has 1 heterocycles. The number of hydrogen-bond acceptors (Lipinski definition) is 6. The van der Waals surface area contributed by atoms with E-state index in [0.717, 1.165) is 23.4 Å². The molecule has 8 heteroatoms. The Labute approximate surface area is 212 Å². The van der Waals surface area contributed by atoms with Gasteiger partial charge in [-0.25, -0.2) is 0 Å². The van der Waals surface area contributed by atoms with Crippen LogP contribution in [0.1, 0.15) is 30.5 Å². The van der Waals surface area contributed by atoms with Crippen molar-refractivity contribution in [2.45, 2.75) is 20.4 Å². The Morgan fingerprint density at radius 1 is 0.944 bits per heavy atom. The van der Waals surface area contributed by atoms with Gasteiger partial charge in [-0.15, -0.1) is 0 Å². The van der Waals surface area contributed by atoms with Crippen LogP contribution in [0.2, 0.25) is 0 Å². The molecule has 0 saturated carbocycles. The van der Waals surface area contributed by atoms with E-state index in [9.17, 15) is 9.36 Å². The minimum atomic E-state index is -3.53. The van der Waals surface area contributed by atoms with Gasteiger partial charge in [-0.2, -0.15) is 0 Å². The predicted octanol–water partition coefficient (Wildman–Crippen LogP) is 5.57. The first-order valence-electron chi connectivity index (χ1n) is 12.0. The van der Waals surface area contributed by atoms with Crippen LogP contribution in [-0.2, 0) is 25.0 Å². The monoisotopic (exact) mass is 505 g/mol. The zero-order chi connectivity index (χ0) is 25.7. The third-order valence-corrected chi connectivity index (χ3v) is 7.78. The van der Waals surface area contributed by atoms with Crippen LogP contribution in [0.3, 0.4) is 0 Å². The first-order valence-corrected chi connectivity index (χ1v) is 13.5. The normalized spacial score (nSPS) is 14.5. The number of anilines is 2. The van der Waals surface area contributed by atoms with Crippen LogP contribution in [0.5, 0.6) is 0 Å². The molecule has 3 aromatic carbocycles. The Morgan fingerprint density at radius 3 is 2.33 bits per heavy atom. The molecule has 1 amide bonds. The minimum Gasteiger partial charge on any atom is -0.354 e. The highest BCUT2D eigenvalue weighted by atomic mass is 31.2. The Morgan fingerprint density at radius 2 is 1.67 bits per heavy atom. The van der Waals surface area contributed by atoms with Crippen molar-refractivity contribution in [2.24, 2.45) is 0 Å². The maximum absolute atomic E-state index is 13.5. The zero-order valence-electron chi connectivity index (χ0n) is 21.1. The molecule has 1 aliphatic rings. The predicted molar refractivity (Wildman–Crippen MR) is 146 cm³/mol. The van der Waals surface area contributed by atoms with Gasteiger partial charge in [-0.05, 0) is 69.4 Å². The summed E-state index contributed by atoms with van der Waals surface area (Å²) >= 11 is 0. The number of nitrogens with one attached hydrogen (secondary N) is 2. The Bertz CT molecular complexity index is 1310. The van der Waals surface area contributed by atoms with E-state index in [-0.39, 0.29) is 19.1 Å². The van der Waals surface area contributed by atoms with E-state index in [4.69, 9.17) is 9.05 Å². The van der Waals surface area contributed by atoms with E-state index in [1.54, 1.807) is 32.0 Å². The van der Waals surface area contributed by atoms with Crippen molar-refractivity contribution in [3.8, 4) is 0 Å². The van der Waals surface area contributed by atoms with Crippen LogP contribution in [0.15, 0.2) is 72.8 Å². The molecule has 7 nitrogen and oxygen atoms in total. The van der Waals surface area contributed by atoms with Crippen molar-refractivity contribution in [3.05, 3.63) is 89.5 Å². The summed E-state index contributed by atoms with van der Waals surface area (Å²) < 4.78 is 24.6. The third kappa shape index (κ3) is 5.61. The molecule has 0 spiro atoms. The lowest BCUT2D eigenvalue weighted by molar-refractivity contribution is -0.110. The SMILES string of the molecule is CCOP(=O)(OCC)c1ccc2c(c1)C(=C(Nc1cccc(CN(C)C)c1)c1ccccc1)C(=O)N2. The van der Waals surface area contributed by atoms with E-state index in [2.05, 4.69) is 27.7 Å². The summed E-state index contributed by atoms with van der Waals surface area (Å²) in [5.74, 6) is -0.236. The second-order valence-electron chi connectivity index (χ2n) is 8.70. The van der Waals surface area contributed by atoms with Gasteiger partial charge in [0.2, 0.25) is 0 Å². The van der Waals surface area contributed by atoms with E-state index in [1.807, 2.05) is 56.6 Å². The second kappa shape index (κ2) is 11.2. The van der Waals surface area contributed by atoms with Crippen molar-refractivity contribution in [1.82, 2.24) is 4.90 Å². The van der Waals surface area contributed by atoms with Crippen LogP contribution in [-0.4, -0.2) is 38.1 Å². The van der Waals surface area contributed by atoms with Gasteiger partial charge in [0.15, 0.2) is 0 Å². The molecule has 0 radical (unpaired) electrons. The van der Waals surface area contributed by atoms with Crippen molar-refractivity contribution < 1.29 is 18.4 Å². The summed E-state index contributed by atoms with van der Waals surface area (Å²) in [5.41, 5.74) is 5.30. The van der Waals surface area contributed by atoms with Crippen LogP contribution >= 0.6 is 7.60 Å². The maximum Gasteiger partial charge on any atom is 0.361 e. The van der Waals surface area contributed by atoms with E-state index < -0.39 is 7.60 Å². The summed E-state index contributed by atoms with van der Waals surface area (Å²) in [6.45, 7) is 4.83. The number of carbonyl (C=O) groups excluding carboxylic acids is 1. The molecule has 0 aromatic heterocycles. The van der Waals surface area contributed by atoms with E-state index in [1.165, 1.54) is 0 Å². The fourth-order valence-electron chi connectivity index (χ4n) is 4.24. The van der Waals surface area contributed by atoms with Gasteiger partial charge >= 0.3 is 7.60 Å². The molecule has 0 saturated heterocycles.